The molecule has 0 spiro atoms. The number of hydrogen-bond donors (Lipinski definition) is 2. The third kappa shape index (κ3) is 4.79. The van der Waals surface area contributed by atoms with Gasteiger partial charge in [0.05, 0.1) is 0 Å². The number of carbonyl (C=O) groups is 3. The fourth-order valence-electron chi connectivity index (χ4n) is 5.31. The van der Waals surface area contributed by atoms with E-state index in [1.165, 1.54) is 4.90 Å². The largest absolute Gasteiger partial charge is 0.480 e. The lowest BCUT2D eigenvalue weighted by Gasteiger charge is -2.26. The molecule has 2 N–H and O–H groups in total. The van der Waals surface area contributed by atoms with E-state index in [1.54, 1.807) is 0 Å². The highest BCUT2D eigenvalue weighted by molar-refractivity contribution is 5.85. The molecule has 1 aliphatic heterocycles. The number of fused-ring (bicyclic) bond motifs is 3. The van der Waals surface area contributed by atoms with E-state index in [0.717, 1.165) is 28.7 Å². The van der Waals surface area contributed by atoms with Crippen LogP contribution >= 0.6 is 0 Å². The number of carboxylic acid groups (broad SMARTS) is 1. The molecule has 7 nitrogen and oxygen atoms in total. The molecule has 1 fully saturated rings. The summed E-state index contributed by atoms with van der Waals surface area (Å²) >= 11 is 0. The Morgan fingerprint density at radius 3 is 2.29 bits per heavy atom. The Morgan fingerprint density at radius 2 is 1.71 bits per heavy atom. The first kappa shape index (κ1) is 23.8. The number of likely N-dealkylation sites (tertiary alicyclic amines) is 1. The Bertz CT molecular complexity index is 1020. The number of rotatable bonds is 8. The highest BCUT2D eigenvalue weighted by Crippen LogP contribution is 2.44. The third-order valence-electron chi connectivity index (χ3n) is 7.00. The van der Waals surface area contributed by atoms with Gasteiger partial charge in [-0.1, -0.05) is 68.8 Å². The molecule has 34 heavy (non-hydrogen) atoms. The van der Waals surface area contributed by atoms with Crippen LogP contribution < -0.4 is 5.32 Å². The zero-order valence-corrected chi connectivity index (χ0v) is 19.7. The van der Waals surface area contributed by atoms with Crippen LogP contribution in [0.2, 0.25) is 0 Å². The van der Waals surface area contributed by atoms with Crippen LogP contribution in [0, 0.1) is 5.92 Å². The molecule has 180 valence electrons. The molecule has 0 aromatic heterocycles. The summed E-state index contributed by atoms with van der Waals surface area (Å²) in [4.78, 5) is 38.6. The molecule has 2 aromatic carbocycles. The van der Waals surface area contributed by atoms with Crippen LogP contribution in [0.3, 0.4) is 0 Å². The number of ether oxygens (including phenoxy) is 1. The molecule has 0 bridgehead atoms. The molecule has 3 atom stereocenters. The number of benzene rings is 2. The van der Waals surface area contributed by atoms with E-state index in [-0.39, 0.29) is 30.8 Å². The highest BCUT2D eigenvalue weighted by Gasteiger charge is 2.40. The van der Waals surface area contributed by atoms with Gasteiger partial charge in [-0.05, 0) is 41.0 Å². The molecule has 2 aromatic rings. The van der Waals surface area contributed by atoms with Gasteiger partial charge in [0, 0.05) is 24.9 Å². The van der Waals surface area contributed by atoms with E-state index in [2.05, 4.69) is 29.6 Å². The summed E-state index contributed by atoms with van der Waals surface area (Å²) in [6.45, 7) is 4.47. The first-order chi connectivity index (χ1) is 16.4. The zero-order chi connectivity index (χ0) is 24.2. The monoisotopic (exact) mass is 464 g/mol. The molecule has 1 saturated heterocycles. The summed E-state index contributed by atoms with van der Waals surface area (Å²) in [6, 6.07) is 15.1. The molecule has 0 radical (unpaired) electrons. The molecule has 0 saturated carbocycles. The number of hydrogen-bond acceptors (Lipinski definition) is 4. The summed E-state index contributed by atoms with van der Waals surface area (Å²) in [5.41, 5.74) is 4.60. The number of aliphatic carboxylic acids is 1. The van der Waals surface area contributed by atoms with Gasteiger partial charge < -0.3 is 20.1 Å². The quantitative estimate of drug-likeness (QED) is 0.604. The first-order valence-electron chi connectivity index (χ1n) is 12.0. The van der Waals surface area contributed by atoms with Crippen molar-refractivity contribution < 1.29 is 24.2 Å². The Hall–Kier alpha value is -3.35. The van der Waals surface area contributed by atoms with Crippen molar-refractivity contribution >= 4 is 18.0 Å². The van der Waals surface area contributed by atoms with Crippen molar-refractivity contribution in [3.63, 3.8) is 0 Å². The summed E-state index contributed by atoms with van der Waals surface area (Å²) in [7, 11) is 0. The molecule has 2 aliphatic rings. The summed E-state index contributed by atoms with van der Waals surface area (Å²) in [6.07, 6.45) is 1.56. The lowest BCUT2D eigenvalue weighted by Crippen LogP contribution is -2.46. The SMILES string of the molecule is CCC[C@H](CC(=O)N1CCC(C)C1C(=O)O)NC(=O)OCC1c2ccccc2-c2ccccc21. The van der Waals surface area contributed by atoms with E-state index in [9.17, 15) is 19.5 Å². The predicted octanol–water partition coefficient (Wildman–Crippen LogP) is 4.41. The lowest BCUT2D eigenvalue weighted by molar-refractivity contribution is -0.149. The van der Waals surface area contributed by atoms with Crippen LogP contribution in [0.1, 0.15) is 56.6 Å². The lowest BCUT2D eigenvalue weighted by atomic mass is 9.98. The average Bonchev–Trinajstić information content (AvgIpc) is 3.36. The standard InChI is InChI=1S/C27H32N2O5/c1-3-8-18(15-24(30)29-14-13-17(2)25(29)26(31)32)28-27(33)34-16-23-21-11-6-4-9-19(21)20-10-5-7-12-22(20)23/h4-7,9-12,17-18,23,25H,3,8,13-16H2,1-2H3,(H,28,33)(H,31,32)/t17?,18-,25?/m1/s1. The predicted molar refractivity (Wildman–Crippen MR) is 128 cm³/mol. The number of nitrogens with one attached hydrogen (secondary N) is 1. The van der Waals surface area contributed by atoms with Gasteiger partial charge >= 0.3 is 12.1 Å². The molecular formula is C27H32N2O5. The Morgan fingerprint density at radius 1 is 1.09 bits per heavy atom. The first-order valence-corrected chi connectivity index (χ1v) is 12.0. The van der Waals surface area contributed by atoms with Crippen molar-refractivity contribution in [1.29, 1.82) is 0 Å². The number of carboxylic acids is 1. The number of alkyl carbamates (subject to hydrolysis) is 1. The van der Waals surface area contributed by atoms with Gasteiger partial charge in [-0.15, -0.1) is 0 Å². The van der Waals surface area contributed by atoms with Crippen molar-refractivity contribution in [2.75, 3.05) is 13.2 Å². The summed E-state index contributed by atoms with van der Waals surface area (Å²) in [5.74, 6) is -1.34. The Balaban J connectivity index is 1.38. The number of amides is 2. The molecule has 1 heterocycles. The van der Waals surface area contributed by atoms with Gasteiger partial charge in [0.1, 0.15) is 12.6 Å². The van der Waals surface area contributed by atoms with Gasteiger partial charge in [-0.2, -0.15) is 0 Å². The second kappa shape index (κ2) is 10.3. The van der Waals surface area contributed by atoms with E-state index >= 15 is 0 Å². The van der Waals surface area contributed by atoms with Gasteiger partial charge in [0.25, 0.3) is 0 Å². The average molecular weight is 465 g/mol. The van der Waals surface area contributed by atoms with Crippen molar-refractivity contribution in [3.8, 4) is 11.1 Å². The van der Waals surface area contributed by atoms with Gasteiger partial charge in [0.2, 0.25) is 5.91 Å². The Kier molecular flexibility index (Phi) is 7.20. The maximum absolute atomic E-state index is 12.9. The van der Waals surface area contributed by atoms with E-state index in [4.69, 9.17) is 4.74 Å². The van der Waals surface area contributed by atoms with Gasteiger partial charge in [-0.3, -0.25) is 4.79 Å². The van der Waals surface area contributed by atoms with Crippen molar-refractivity contribution in [1.82, 2.24) is 10.2 Å². The normalized spacial score (nSPS) is 19.9. The van der Waals surface area contributed by atoms with Crippen molar-refractivity contribution in [3.05, 3.63) is 59.7 Å². The van der Waals surface area contributed by atoms with Crippen LogP contribution in [-0.2, 0) is 14.3 Å². The zero-order valence-electron chi connectivity index (χ0n) is 19.7. The maximum Gasteiger partial charge on any atom is 0.407 e. The van der Waals surface area contributed by atoms with E-state index in [1.807, 2.05) is 38.1 Å². The van der Waals surface area contributed by atoms with Gasteiger partial charge in [-0.25, -0.2) is 9.59 Å². The molecule has 4 rings (SSSR count). The van der Waals surface area contributed by atoms with Crippen molar-refractivity contribution in [2.45, 2.75) is 57.5 Å². The minimum atomic E-state index is -0.977. The number of carbonyl (C=O) groups excluding carboxylic acids is 2. The molecule has 7 heteroatoms. The highest BCUT2D eigenvalue weighted by atomic mass is 16.5. The molecular weight excluding hydrogens is 432 g/mol. The molecule has 1 aliphatic carbocycles. The van der Waals surface area contributed by atoms with Crippen LogP contribution in [0.5, 0.6) is 0 Å². The topological polar surface area (TPSA) is 95.9 Å². The van der Waals surface area contributed by atoms with Crippen molar-refractivity contribution in [2.24, 2.45) is 5.92 Å². The molecule has 2 unspecified atom stereocenters. The smallest absolute Gasteiger partial charge is 0.407 e. The van der Waals surface area contributed by atoms with Crippen LogP contribution in [0.15, 0.2) is 48.5 Å². The minimum Gasteiger partial charge on any atom is -0.480 e. The van der Waals surface area contributed by atoms with Gasteiger partial charge in [0.15, 0.2) is 0 Å². The van der Waals surface area contributed by atoms with E-state index < -0.39 is 24.1 Å². The second-order valence-corrected chi connectivity index (χ2v) is 9.30. The van der Waals surface area contributed by atoms with E-state index in [0.29, 0.717) is 19.4 Å². The number of nitrogens with zero attached hydrogens (tertiary/aromatic N) is 1. The maximum atomic E-state index is 12.9. The second-order valence-electron chi connectivity index (χ2n) is 9.30. The summed E-state index contributed by atoms with van der Waals surface area (Å²) in [5, 5.41) is 12.4. The minimum absolute atomic E-state index is 0.0354. The third-order valence-corrected chi connectivity index (χ3v) is 7.00. The van der Waals surface area contributed by atoms with Crippen LogP contribution in [-0.4, -0.2) is 53.2 Å². The van der Waals surface area contributed by atoms with Crippen LogP contribution in [0.4, 0.5) is 4.79 Å². The molecule has 2 amide bonds. The fraction of sp³-hybridized carbons (Fsp3) is 0.444. The Labute approximate surface area is 200 Å². The fourth-order valence-corrected chi connectivity index (χ4v) is 5.31. The summed E-state index contributed by atoms with van der Waals surface area (Å²) < 4.78 is 5.63. The van der Waals surface area contributed by atoms with Crippen LogP contribution in [0.25, 0.3) is 11.1 Å².